The Balaban J connectivity index is 1.41. The van der Waals surface area contributed by atoms with E-state index in [-0.39, 0.29) is 18.8 Å². The molecule has 3 heterocycles. The summed E-state index contributed by atoms with van der Waals surface area (Å²) in [7, 11) is 3.38. The van der Waals surface area contributed by atoms with Gasteiger partial charge in [-0.3, -0.25) is 9.48 Å². The van der Waals surface area contributed by atoms with Crippen LogP contribution in [0.2, 0.25) is 0 Å². The maximum Gasteiger partial charge on any atom is 0.410 e. The van der Waals surface area contributed by atoms with Crippen LogP contribution in [0.25, 0.3) is 21.8 Å². The number of ether oxygens (including phenoxy) is 3. The first-order valence-electron chi connectivity index (χ1n) is 13.4. The number of carbonyl (C=O) groups excluding carboxylic acids is 2. The second-order valence-electron chi connectivity index (χ2n) is 11.0. The summed E-state index contributed by atoms with van der Waals surface area (Å²) in [6, 6.07) is 7.37. The van der Waals surface area contributed by atoms with Crippen molar-refractivity contribution in [3.8, 4) is 5.75 Å². The Hall–Kier alpha value is -4.45. The zero-order valence-corrected chi connectivity index (χ0v) is 24.2. The largest absolute Gasteiger partial charge is 0.465 e. The number of rotatable bonds is 6. The molecule has 0 radical (unpaired) electrons. The number of hydrogen-bond acceptors (Lipinski definition) is 9. The maximum absolute atomic E-state index is 13.7. The highest BCUT2D eigenvalue weighted by Gasteiger charge is 2.27. The van der Waals surface area contributed by atoms with Gasteiger partial charge in [-0.05, 0) is 52.0 Å². The van der Waals surface area contributed by atoms with Crippen molar-refractivity contribution in [1.29, 1.82) is 0 Å². The molecule has 5 rings (SSSR count). The summed E-state index contributed by atoms with van der Waals surface area (Å²) < 4.78 is 18.2. The lowest BCUT2D eigenvalue weighted by atomic mass is 10.1. The van der Waals surface area contributed by atoms with Crippen LogP contribution in [0.4, 0.5) is 16.2 Å². The molecule has 1 aliphatic heterocycles. The number of nitrogens with zero attached hydrogens (tertiary/aromatic N) is 6. The number of fused-ring (bicyclic) bond motifs is 2. The van der Waals surface area contributed by atoms with Crippen molar-refractivity contribution in [2.75, 3.05) is 50.3 Å². The molecule has 12 nitrogen and oxygen atoms in total. The highest BCUT2D eigenvalue weighted by molar-refractivity contribution is 6.14. The van der Waals surface area contributed by atoms with Crippen LogP contribution >= 0.6 is 0 Å². The van der Waals surface area contributed by atoms with Crippen LogP contribution in [0.3, 0.4) is 0 Å². The summed E-state index contributed by atoms with van der Waals surface area (Å²) >= 11 is 0. The van der Waals surface area contributed by atoms with Crippen LogP contribution in [0, 0.1) is 6.92 Å². The van der Waals surface area contributed by atoms with Gasteiger partial charge in [0.1, 0.15) is 11.1 Å². The zero-order valence-electron chi connectivity index (χ0n) is 24.2. The Kier molecular flexibility index (Phi) is 7.68. The van der Waals surface area contributed by atoms with E-state index < -0.39 is 5.60 Å². The number of anilines is 2. The number of carbonyl (C=O) groups is 2. The third-order valence-electron chi connectivity index (χ3n) is 6.84. The summed E-state index contributed by atoms with van der Waals surface area (Å²) in [6.07, 6.45) is 3.19. The molecule has 1 N–H and O–H groups in total. The van der Waals surface area contributed by atoms with Crippen molar-refractivity contribution in [2.45, 2.75) is 33.3 Å². The molecule has 2 aromatic heterocycles. The topological polar surface area (TPSA) is 124 Å². The van der Waals surface area contributed by atoms with Gasteiger partial charge in [0.05, 0.1) is 23.0 Å². The van der Waals surface area contributed by atoms with Crippen LogP contribution < -0.4 is 15.0 Å². The van der Waals surface area contributed by atoms with E-state index in [2.05, 4.69) is 25.5 Å². The van der Waals surface area contributed by atoms with Gasteiger partial charge < -0.3 is 29.3 Å². The highest BCUT2D eigenvalue weighted by Crippen LogP contribution is 2.36. The Morgan fingerprint density at radius 3 is 2.54 bits per heavy atom. The molecule has 1 saturated heterocycles. The van der Waals surface area contributed by atoms with Crippen LogP contribution in [0.1, 0.15) is 36.7 Å². The fraction of sp³-hybridized carbons (Fsp3) is 0.414. The molecule has 0 bridgehead atoms. The molecule has 4 aromatic rings. The van der Waals surface area contributed by atoms with E-state index in [9.17, 15) is 9.59 Å². The van der Waals surface area contributed by atoms with Crippen molar-refractivity contribution in [3.05, 3.63) is 47.8 Å². The lowest BCUT2D eigenvalue weighted by Gasteiger charge is -2.37. The van der Waals surface area contributed by atoms with Gasteiger partial charge in [0, 0.05) is 68.6 Å². The third kappa shape index (κ3) is 5.87. The monoisotopic (exact) mass is 561 g/mol. The molecule has 2 amide bonds. The lowest BCUT2D eigenvalue weighted by molar-refractivity contribution is 0.0240. The molecule has 0 aliphatic carbocycles. The van der Waals surface area contributed by atoms with Crippen molar-refractivity contribution in [1.82, 2.24) is 24.9 Å². The first kappa shape index (κ1) is 28.1. The molecule has 0 atom stereocenters. The first-order chi connectivity index (χ1) is 19.6. The third-order valence-corrected chi connectivity index (χ3v) is 6.84. The minimum atomic E-state index is -0.543. The predicted molar refractivity (Wildman–Crippen MR) is 155 cm³/mol. The number of hydrogen-bond donors (Lipinski definition) is 1. The summed E-state index contributed by atoms with van der Waals surface area (Å²) in [6.45, 7) is 9.78. The van der Waals surface area contributed by atoms with E-state index in [1.54, 1.807) is 21.8 Å². The van der Waals surface area contributed by atoms with E-state index >= 15 is 0 Å². The molecule has 0 unspecified atom stereocenters. The van der Waals surface area contributed by atoms with Gasteiger partial charge in [-0.2, -0.15) is 10.2 Å². The van der Waals surface area contributed by atoms with Crippen LogP contribution in [-0.4, -0.2) is 82.6 Å². The number of benzene rings is 2. The van der Waals surface area contributed by atoms with Crippen molar-refractivity contribution < 1.29 is 23.8 Å². The number of aromatic nitrogens is 4. The molecule has 216 valence electrons. The van der Waals surface area contributed by atoms with Crippen molar-refractivity contribution in [2.24, 2.45) is 7.05 Å². The fourth-order valence-corrected chi connectivity index (χ4v) is 5.00. The van der Waals surface area contributed by atoms with Gasteiger partial charge in [0.2, 0.25) is 0 Å². The Morgan fingerprint density at radius 1 is 1.07 bits per heavy atom. The molecule has 1 aliphatic rings. The smallest absolute Gasteiger partial charge is 0.410 e. The summed E-state index contributed by atoms with van der Waals surface area (Å²) in [5, 5.41) is 17.6. The molecule has 1 fully saturated rings. The summed E-state index contributed by atoms with van der Waals surface area (Å²) in [5.74, 6) is 0.142. The van der Waals surface area contributed by atoms with Crippen LogP contribution in [0.15, 0.2) is 36.7 Å². The van der Waals surface area contributed by atoms with Gasteiger partial charge in [-0.25, -0.2) is 4.79 Å². The minimum absolute atomic E-state index is 0.0202. The molecular weight excluding hydrogens is 526 g/mol. The summed E-state index contributed by atoms with van der Waals surface area (Å²) in [5.41, 5.74) is 3.32. The number of nitrogens with one attached hydrogen (secondary N) is 1. The molecule has 2 aromatic carbocycles. The molecule has 12 heteroatoms. The molecule has 41 heavy (non-hydrogen) atoms. The molecular formula is C29H35N7O5. The van der Waals surface area contributed by atoms with Gasteiger partial charge in [0.25, 0.3) is 5.91 Å². The standard InChI is InChI=1S/C29H35N7O5/c1-18-24-19(16-34(5)33-24)15-22(26(18)40-17-39-6)31-27(37)21-7-8-23(20-9-10-30-32-25(20)21)35-11-13-36(14-12-35)28(38)41-29(2,3)4/h7-10,15-16H,11-14,17H2,1-6H3,(H,31,37). The Labute approximate surface area is 238 Å². The van der Waals surface area contributed by atoms with Crippen LogP contribution in [-0.2, 0) is 16.5 Å². The van der Waals surface area contributed by atoms with Gasteiger partial charge >= 0.3 is 6.09 Å². The van der Waals surface area contributed by atoms with E-state index in [4.69, 9.17) is 14.2 Å². The number of amides is 2. The molecule has 0 saturated carbocycles. The van der Waals surface area contributed by atoms with E-state index in [1.807, 2.05) is 59.1 Å². The average Bonchev–Trinajstić information content (AvgIpc) is 3.31. The van der Waals surface area contributed by atoms with Gasteiger partial charge in [-0.1, -0.05) is 0 Å². The number of methoxy groups -OCH3 is 1. The predicted octanol–water partition coefficient (Wildman–Crippen LogP) is 4.12. The fourth-order valence-electron chi connectivity index (χ4n) is 5.00. The summed E-state index contributed by atoms with van der Waals surface area (Å²) in [4.78, 5) is 30.1. The maximum atomic E-state index is 13.7. The second kappa shape index (κ2) is 11.2. The van der Waals surface area contributed by atoms with E-state index in [0.29, 0.717) is 48.7 Å². The SMILES string of the molecule is COCOc1c(NC(=O)c2ccc(N3CCN(C(=O)OC(C)(C)C)CC3)c3ccnnc23)cc2cn(C)nc2c1C. The van der Waals surface area contributed by atoms with Crippen molar-refractivity contribution >= 4 is 45.2 Å². The van der Waals surface area contributed by atoms with E-state index in [0.717, 1.165) is 27.5 Å². The second-order valence-corrected chi connectivity index (χ2v) is 11.0. The van der Waals surface area contributed by atoms with Gasteiger partial charge in [-0.15, -0.1) is 5.10 Å². The number of aryl methyl sites for hydroxylation is 2. The Bertz CT molecular complexity index is 1600. The molecule has 0 spiro atoms. The lowest BCUT2D eigenvalue weighted by Crippen LogP contribution is -2.50. The quantitative estimate of drug-likeness (QED) is 0.346. The van der Waals surface area contributed by atoms with E-state index in [1.165, 1.54) is 7.11 Å². The minimum Gasteiger partial charge on any atom is -0.465 e. The van der Waals surface area contributed by atoms with Crippen LogP contribution in [0.5, 0.6) is 5.75 Å². The Morgan fingerprint density at radius 2 is 1.83 bits per heavy atom. The average molecular weight is 562 g/mol. The number of piperazine rings is 1. The van der Waals surface area contributed by atoms with Gasteiger partial charge in [0.15, 0.2) is 12.5 Å². The van der Waals surface area contributed by atoms with Crippen molar-refractivity contribution in [3.63, 3.8) is 0 Å². The first-order valence-corrected chi connectivity index (χ1v) is 13.4. The normalized spacial score (nSPS) is 14.0. The highest BCUT2D eigenvalue weighted by atomic mass is 16.7. The zero-order chi connectivity index (χ0) is 29.3.